The summed E-state index contributed by atoms with van der Waals surface area (Å²) in [5.41, 5.74) is 0.917. The molecule has 0 spiro atoms. The number of fused-ring (bicyclic) bond motifs is 4. The summed E-state index contributed by atoms with van der Waals surface area (Å²) in [5, 5.41) is 20.7. The number of ether oxygens (including phenoxy) is 1. The average Bonchev–Trinajstić information content (AvgIpc) is 3.57. The lowest BCUT2D eigenvalue weighted by molar-refractivity contribution is -0.123. The van der Waals surface area contributed by atoms with Gasteiger partial charge in [-0.15, -0.1) is 0 Å². The Morgan fingerprint density at radius 2 is 1.85 bits per heavy atom. The number of rotatable bonds is 13. The summed E-state index contributed by atoms with van der Waals surface area (Å²) in [6, 6.07) is 12.2. The highest BCUT2D eigenvalue weighted by Crippen LogP contribution is 2.68. The zero-order chi connectivity index (χ0) is 37.8. The van der Waals surface area contributed by atoms with E-state index in [1.54, 1.807) is 35.0 Å². The number of alkyl halides is 4. The zero-order valence-corrected chi connectivity index (χ0v) is 29.7. The molecule has 0 radical (unpaired) electrons. The average molecular weight is 756 g/mol. The highest BCUT2D eigenvalue weighted by molar-refractivity contribution is 8.32. The molecule has 3 aromatic heterocycles. The Kier molecular flexibility index (Phi) is 9.52. The summed E-state index contributed by atoms with van der Waals surface area (Å²) in [6.07, 6.45) is 4.77. The van der Waals surface area contributed by atoms with Gasteiger partial charge in [-0.1, -0.05) is 12.1 Å². The van der Waals surface area contributed by atoms with Crippen LogP contribution in [0.5, 0.6) is 0 Å². The largest absolute Gasteiger partial charge is 0.358 e. The van der Waals surface area contributed by atoms with E-state index in [-0.39, 0.29) is 36.4 Å². The van der Waals surface area contributed by atoms with Gasteiger partial charge in [-0.3, -0.25) is 9.48 Å². The fourth-order valence-electron chi connectivity index (χ4n) is 6.97. The maximum atomic E-state index is 15.3. The second kappa shape index (κ2) is 13.8. The lowest BCUT2D eigenvalue weighted by Crippen LogP contribution is -2.35. The minimum Gasteiger partial charge on any atom is -0.358 e. The Balaban J connectivity index is 1.29. The molecule has 3 heterocycles. The Bertz CT molecular complexity index is 2240. The van der Waals surface area contributed by atoms with Crippen LogP contribution in [-0.2, 0) is 35.2 Å². The summed E-state index contributed by atoms with van der Waals surface area (Å²) in [7, 11) is -0.796. The van der Waals surface area contributed by atoms with Gasteiger partial charge in [0.25, 0.3) is 12.3 Å². The predicted octanol–water partition coefficient (Wildman–Crippen LogP) is 7.36. The van der Waals surface area contributed by atoms with Crippen LogP contribution in [0.2, 0.25) is 0 Å². The van der Waals surface area contributed by atoms with Crippen LogP contribution in [0.3, 0.4) is 0 Å². The van der Waals surface area contributed by atoms with E-state index in [1.165, 1.54) is 6.20 Å². The van der Waals surface area contributed by atoms with Gasteiger partial charge >= 0.3 is 0 Å². The van der Waals surface area contributed by atoms with Crippen molar-refractivity contribution in [2.24, 2.45) is 5.92 Å². The van der Waals surface area contributed by atoms with E-state index in [0.29, 0.717) is 45.1 Å². The summed E-state index contributed by atoms with van der Waals surface area (Å²) < 4.78 is 95.5. The molecule has 278 valence electrons. The standard InChI is InChI=1S/C37H35F6N7O2S/c1-53(2,3)8-7-52-19-50-30-15-25(22-6-4-5-20(9-22)16-44)33(47-29(30)17-45-50)28(12-21-10-23(38)13-24(39)11-21)46-31(51)18-49-35-32(34(48-49)36(40)41)26-14-27(26)37(35,42)43/h4-6,9-11,13,15,17,26-28,36H,7-8,12,14,18-19H2,1-3H3,(H,46,51)/t26?,27?,28-/m0/s1. The summed E-state index contributed by atoms with van der Waals surface area (Å²) in [6.45, 7) is -0.209. The van der Waals surface area contributed by atoms with E-state index >= 15 is 8.78 Å². The smallest absolute Gasteiger partial charge is 0.293 e. The maximum absolute atomic E-state index is 15.3. The molecule has 2 aliphatic rings. The number of nitriles is 1. The third-order valence-electron chi connectivity index (χ3n) is 9.50. The van der Waals surface area contributed by atoms with Crippen LogP contribution in [0.15, 0.2) is 54.7 Å². The minimum atomic E-state index is -3.44. The zero-order valence-electron chi connectivity index (χ0n) is 28.9. The molecule has 5 aromatic rings. The van der Waals surface area contributed by atoms with Crippen LogP contribution in [0.4, 0.5) is 26.3 Å². The predicted molar refractivity (Wildman–Crippen MR) is 187 cm³/mol. The Hall–Kier alpha value is -4.88. The summed E-state index contributed by atoms with van der Waals surface area (Å²) in [5.74, 6) is -7.03. The molecule has 0 bridgehead atoms. The molecular formula is C37H35F6N7O2S. The first-order chi connectivity index (χ1) is 25.1. The maximum Gasteiger partial charge on any atom is 0.293 e. The van der Waals surface area contributed by atoms with E-state index in [0.717, 1.165) is 17.9 Å². The number of hydrogen-bond donors (Lipinski definition) is 1. The van der Waals surface area contributed by atoms with Crippen molar-refractivity contribution < 1.29 is 35.9 Å². The first-order valence-electron chi connectivity index (χ1n) is 16.7. The number of pyridine rings is 1. The number of benzene rings is 2. The van der Waals surface area contributed by atoms with E-state index in [2.05, 4.69) is 40.4 Å². The molecule has 0 saturated heterocycles. The second-order valence-electron chi connectivity index (χ2n) is 14.3. The van der Waals surface area contributed by atoms with Gasteiger partial charge in [0.1, 0.15) is 41.8 Å². The van der Waals surface area contributed by atoms with Crippen molar-refractivity contribution in [2.45, 2.75) is 50.4 Å². The van der Waals surface area contributed by atoms with Gasteiger partial charge in [0, 0.05) is 28.9 Å². The van der Waals surface area contributed by atoms with Crippen molar-refractivity contribution in [3.8, 4) is 17.2 Å². The molecule has 1 amide bonds. The van der Waals surface area contributed by atoms with Gasteiger partial charge in [-0.05, 0) is 79.0 Å². The lowest BCUT2D eigenvalue weighted by atomic mass is 9.94. The van der Waals surface area contributed by atoms with Crippen molar-refractivity contribution in [1.29, 1.82) is 5.26 Å². The highest BCUT2D eigenvalue weighted by atomic mass is 32.3. The van der Waals surface area contributed by atoms with Gasteiger partial charge in [0.05, 0.1) is 41.7 Å². The number of carbonyl (C=O) groups is 1. The van der Waals surface area contributed by atoms with Crippen LogP contribution >= 0.6 is 10.0 Å². The number of amides is 1. The number of aromatic nitrogens is 5. The van der Waals surface area contributed by atoms with E-state index in [4.69, 9.17) is 9.72 Å². The second-order valence-corrected chi connectivity index (χ2v) is 18.9. The Morgan fingerprint density at radius 1 is 1.09 bits per heavy atom. The summed E-state index contributed by atoms with van der Waals surface area (Å²) in [4.78, 5) is 18.6. The Labute approximate surface area is 302 Å². The van der Waals surface area contributed by atoms with Crippen molar-refractivity contribution >= 4 is 27.0 Å². The first kappa shape index (κ1) is 36.5. The topological polar surface area (TPSA) is 111 Å². The SMILES string of the molecule is CS(C)(C)CCOCn1ncc2nc([C@H](Cc3cc(F)cc(F)c3)NC(=O)Cn3nc(C(F)F)c4c3C(F)(F)C3CC43)c(-c3cccc(C#N)c3)cc21. The first-order valence-corrected chi connectivity index (χ1v) is 19.8. The van der Waals surface area contributed by atoms with E-state index < -0.39 is 75.7 Å². The lowest BCUT2D eigenvalue weighted by Gasteiger charge is -2.24. The molecule has 53 heavy (non-hydrogen) atoms. The molecule has 0 aliphatic heterocycles. The molecule has 16 heteroatoms. The number of nitrogens with zero attached hydrogens (tertiary/aromatic N) is 6. The van der Waals surface area contributed by atoms with Gasteiger partial charge in [0.2, 0.25) is 5.91 Å². The molecule has 7 rings (SSSR count). The molecule has 2 aromatic carbocycles. The fourth-order valence-corrected chi connectivity index (χ4v) is 7.59. The van der Waals surface area contributed by atoms with Gasteiger partial charge < -0.3 is 10.1 Å². The van der Waals surface area contributed by atoms with Crippen molar-refractivity contribution in [2.75, 3.05) is 31.1 Å². The molecule has 9 nitrogen and oxygen atoms in total. The normalized spacial score (nSPS) is 18.1. The molecule has 2 unspecified atom stereocenters. The molecule has 1 saturated carbocycles. The Morgan fingerprint density at radius 3 is 2.55 bits per heavy atom. The van der Waals surface area contributed by atoms with Gasteiger partial charge in [-0.2, -0.15) is 24.2 Å². The molecule has 2 aliphatic carbocycles. The van der Waals surface area contributed by atoms with Crippen LogP contribution in [0, 0.1) is 28.9 Å². The van der Waals surface area contributed by atoms with Crippen molar-refractivity contribution in [3.63, 3.8) is 0 Å². The van der Waals surface area contributed by atoms with Gasteiger partial charge in [-0.25, -0.2) is 37.3 Å². The van der Waals surface area contributed by atoms with Gasteiger partial charge in [0.15, 0.2) is 0 Å². The monoisotopic (exact) mass is 755 g/mol. The number of halogens is 6. The fraction of sp³-hybridized carbons (Fsp3) is 0.378. The quantitative estimate of drug-likeness (QED) is 0.0994. The molecule has 1 N–H and O–H groups in total. The molecular weight excluding hydrogens is 721 g/mol. The number of nitrogens with one attached hydrogen (secondary N) is 1. The third-order valence-corrected chi connectivity index (χ3v) is 10.9. The van der Waals surface area contributed by atoms with Crippen LogP contribution < -0.4 is 5.32 Å². The van der Waals surface area contributed by atoms with Crippen molar-refractivity contribution in [3.05, 3.63) is 100 Å². The van der Waals surface area contributed by atoms with Crippen molar-refractivity contribution in [1.82, 2.24) is 29.9 Å². The van der Waals surface area contributed by atoms with Crippen LogP contribution in [-0.4, -0.2) is 61.6 Å². The molecule has 3 atom stereocenters. The van der Waals surface area contributed by atoms with E-state index in [1.807, 2.05) is 0 Å². The number of carbonyl (C=O) groups excluding carboxylic acids is 1. The highest BCUT2D eigenvalue weighted by Gasteiger charge is 2.67. The molecule has 1 fully saturated rings. The van der Waals surface area contributed by atoms with E-state index in [9.17, 15) is 27.6 Å². The van der Waals surface area contributed by atoms with Crippen LogP contribution in [0.25, 0.3) is 22.2 Å². The van der Waals surface area contributed by atoms with Crippen LogP contribution in [0.1, 0.15) is 58.6 Å². The summed E-state index contributed by atoms with van der Waals surface area (Å²) >= 11 is 0. The minimum absolute atomic E-state index is 0.0639. The third kappa shape index (κ3) is 7.37. The number of hydrogen-bond acceptors (Lipinski definition) is 6.